The van der Waals surface area contributed by atoms with Crippen LogP contribution in [-0.4, -0.2) is 25.5 Å². The normalized spacial score (nSPS) is 10.5. The number of carbonyl (C=O) groups is 1. The van der Waals surface area contributed by atoms with Gasteiger partial charge in [0.1, 0.15) is 5.69 Å². The van der Waals surface area contributed by atoms with Crippen molar-refractivity contribution in [2.24, 2.45) is 19.8 Å². The Morgan fingerprint density at radius 2 is 2.29 bits per heavy atom. The molecule has 0 unspecified atom stereocenters. The molecule has 0 radical (unpaired) electrons. The zero-order valence-electron chi connectivity index (χ0n) is 9.71. The molecule has 17 heavy (non-hydrogen) atoms. The lowest BCUT2D eigenvalue weighted by Gasteiger charge is -2.03. The van der Waals surface area contributed by atoms with Crippen LogP contribution in [0.5, 0.6) is 0 Å². The van der Waals surface area contributed by atoms with E-state index in [-0.39, 0.29) is 5.91 Å². The van der Waals surface area contributed by atoms with Crippen LogP contribution in [0.4, 0.5) is 5.82 Å². The van der Waals surface area contributed by atoms with E-state index in [2.05, 4.69) is 15.5 Å². The van der Waals surface area contributed by atoms with Crippen LogP contribution in [0.25, 0.3) is 0 Å². The van der Waals surface area contributed by atoms with Crippen LogP contribution in [-0.2, 0) is 20.6 Å². The van der Waals surface area contributed by atoms with Gasteiger partial charge in [0.05, 0.1) is 0 Å². The second-order valence-electron chi connectivity index (χ2n) is 3.67. The van der Waals surface area contributed by atoms with Gasteiger partial charge in [-0.15, -0.1) is 0 Å². The van der Waals surface area contributed by atoms with E-state index in [1.54, 1.807) is 37.2 Å². The molecule has 90 valence electrons. The number of aryl methyl sites for hydroxylation is 2. The van der Waals surface area contributed by atoms with E-state index in [9.17, 15) is 4.79 Å². The van der Waals surface area contributed by atoms with Gasteiger partial charge in [0.25, 0.3) is 5.91 Å². The van der Waals surface area contributed by atoms with Crippen molar-refractivity contribution in [3.05, 3.63) is 29.7 Å². The maximum atomic E-state index is 11.9. The summed E-state index contributed by atoms with van der Waals surface area (Å²) in [5, 5.41) is 10.8. The predicted molar refractivity (Wildman–Crippen MR) is 62.3 cm³/mol. The van der Waals surface area contributed by atoms with Crippen molar-refractivity contribution in [3.63, 3.8) is 0 Å². The average Bonchev–Trinajstić information content (AvgIpc) is 2.84. The van der Waals surface area contributed by atoms with Crippen molar-refractivity contribution in [1.29, 1.82) is 0 Å². The Balaban J connectivity index is 2.21. The van der Waals surface area contributed by atoms with Gasteiger partial charge >= 0.3 is 0 Å². The van der Waals surface area contributed by atoms with Crippen LogP contribution in [0.1, 0.15) is 16.1 Å². The van der Waals surface area contributed by atoms with Crippen LogP contribution < -0.4 is 11.1 Å². The van der Waals surface area contributed by atoms with Gasteiger partial charge in [-0.1, -0.05) is 0 Å². The van der Waals surface area contributed by atoms with E-state index in [1.165, 1.54) is 4.68 Å². The van der Waals surface area contributed by atoms with Gasteiger partial charge in [0, 0.05) is 38.6 Å². The number of nitrogens with one attached hydrogen (secondary N) is 1. The smallest absolute Gasteiger partial charge is 0.275 e. The maximum Gasteiger partial charge on any atom is 0.275 e. The Bertz CT molecular complexity index is 541. The van der Waals surface area contributed by atoms with E-state index in [0.29, 0.717) is 18.1 Å². The first kappa shape index (κ1) is 11.3. The molecule has 0 aliphatic carbocycles. The summed E-state index contributed by atoms with van der Waals surface area (Å²) in [6, 6.07) is 1.64. The van der Waals surface area contributed by atoms with Gasteiger partial charge in [-0.25, -0.2) is 0 Å². The molecule has 0 saturated carbocycles. The summed E-state index contributed by atoms with van der Waals surface area (Å²) in [7, 11) is 3.48. The zero-order valence-corrected chi connectivity index (χ0v) is 9.71. The molecule has 0 aliphatic heterocycles. The summed E-state index contributed by atoms with van der Waals surface area (Å²) < 4.78 is 3.11. The quantitative estimate of drug-likeness (QED) is 0.773. The molecule has 2 heterocycles. The molecule has 0 saturated heterocycles. The highest BCUT2D eigenvalue weighted by molar-refractivity contribution is 6.02. The van der Waals surface area contributed by atoms with Crippen LogP contribution in [0.2, 0.25) is 0 Å². The fourth-order valence-corrected chi connectivity index (χ4v) is 1.56. The summed E-state index contributed by atoms with van der Waals surface area (Å²) in [5.74, 6) is 0.236. The van der Waals surface area contributed by atoms with Crippen LogP contribution >= 0.6 is 0 Å². The van der Waals surface area contributed by atoms with Crippen LogP contribution in [0.3, 0.4) is 0 Å². The van der Waals surface area contributed by atoms with Gasteiger partial charge in [0.2, 0.25) is 0 Å². The first-order valence-electron chi connectivity index (χ1n) is 5.13. The van der Waals surface area contributed by atoms with Gasteiger partial charge in [-0.2, -0.15) is 10.2 Å². The van der Waals surface area contributed by atoms with Crippen molar-refractivity contribution in [3.8, 4) is 0 Å². The second kappa shape index (κ2) is 4.38. The number of hydrogen-bond donors (Lipinski definition) is 2. The molecule has 0 atom stereocenters. The van der Waals surface area contributed by atoms with Crippen LogP contribution in [0, 0.1) is 0 Å². The van der Waals surface area contributed by atoms with E-state index in [4.69, 9.17) is 5.73 Å². The number of carbonyl (C=O) groups excluding carboxylic acids is 1. The van der Waals surface area contributed by atoms with E-state index in [1.807, 2.05) is 0 Å². The highest BCUT2D eigenvalue weighted by Gasteiger charge is 2.14. The standard InChI is InChI=1S/C10H14N6O/c1-15-6-7(5-11)9(14-15)13-10(17)8-3-4-12-16(8)2/h3-4,6H,5,11H2,1-2H3,(H,13,14,17). The van der Waals surface area contributed by atoms with Crippen molar-refractivity contribution < 1.29 is 4.79 Å². The molecular formula is C10H14N6O. The molecule has 7 nitrogen and oxygen atoms in total. The molecule has 7 heteroatoms. The van der Waals surface area contributed by atoms with E-state index in [0.717, 1.165) is 5.56 Å². The highest BCUT2D eigenvalue weighted by atomic mass is 16.2. The molecule has 2 rings (SSSR count). The number of nitrogens with two attached hydrogens (primary N) is 1. The van der Waals surface area contributed by atoms with Gasteiger partial charge in [-0.05, 0) is 6.07 Å². The van der Waals surface area contributed by atoms with Crippen molar-refractivity contribution in [2.45, 2.75) is 6.54 Å². The summed E-state index contributed by atoms with van der Waals surface area (Å²) in [4.78, 5) is 11.9. The van der Waals surface area contributed by atoms with Crippen LogP contribution in [0.15, 0.2) is 18.5 Å². The Labute approximate surface area is 98.2 Å². The monoisotopic (exact) mass is 234 g/mol. The summed E-state index contributed by atoms with van der Waals surface area (Å²) in [6.07, 6.45) is 3.34. The molecule has 2 aromatic heterocycles. The first-order chi connectivity index (χ1) is 8.11. The SMILES string of the molecule is Cn1cc(CN)c(NC(=O)c2ccnn2C)n1. The van der Waals surface area contributed by atoms with Crippen molar-refractivity contribution in [2.75, 3.05) is 5.32 Å². The molecule has 0 aliphatic rings. The fourth-order valence-electron chi connectivity index (χ4n) is 1.56. The fraction of sp³-hybridized carbons (Fsp3) is 0.300. The Hall–Kier alpha value is -2.15. The lowest BCUT2D eigenvalue weighted by molar-refractivity contribution is 0.101. The molecule has 1 amide bonds. The molecule has 2 aromatic rings. The summed E-state index contributed by atoms with van der Waals surface area (Å²) in [6.45, 7) is 0.328. The molecule has 0 fully saturated rings. The topological polar surface area (TPSA) is 90.8 Å². The third kappa shape index (κ3) is 2.18. The second-order valence-corrected chi connectivity index (χ2v) is 3.67. The molecule has 0 aromatic carbocycles. The minimum Gasteiger partial charge on any atom is -0.326 e. The number of nitrogens with zero attached hydrogens (tertiary/aromatic N) is 4. The van der Waals surface area contributed by atoms with Gasteiger partial charge in [-0.3, -0.25) is 14.2 Å². The molecule has 0 bridgehead atoms. The average molecular weight is 234 g/mol. The highest BCUT2D eigenvalue weighted by Crippen LogP contribution is 2.12. The Morgan fingerprint density at radius 3 is 2.88 bits per heavy atom. The Kier molecular flexibility index (Phi) is 2.92. The minimum atomic E-state index is -0.251. The summed E-state index contributed by atoms with van der Waals surface area (Å²) >= 11 is 0. The third-order valence-electron chi connectivity index (χ3n) is 2.41. The molecular weight excluding hydrogens is 220 g/mol. The minimum absolute atomic E-state index is 0.251. The predicted octanol–water partition coefficient (Wildman–Crippen LogP) is -0.135. The van der Waals surface area contributed by atoms with Gasteiger partial charge in [0.15, 0.2) is 5.82 Å². The van der Waals surface area contributed by atoms with Gasteiger partial charge < -0.3 is 11.1 Å². The van der Waals surface area contributed by atoms with Crippen molar-refractivity contribution in [1.82, 2.24) is 19.6 Å². The molecule has 0 spiro atoms. The first-order valence-corrected chi connectivity index (χ1v) is 5.13. The number of hydrogen-bond acceptors (Lipinski definition) is 4. The lowest BCUT2D eigenvalue weighted by atomic mass is 10.3. The largest absolute Gasteiger partial charge is 0.326 e. The van der Waals surface area contributed by atoms with E-state index < -0.39 is 0 Å². The van der Waals surface area contributed by atoms with E-state index >= 15 is 0 Å². The third-order valence-corrected chi connectivity index (χ3v) is 2.41. The summed E-state index contributed by atoms with van der Waals surface area (Å²) in [5.41, 5.74) is 6.83. The number of aromatic nitrogens is 4. The number of amides is 1. The lowest BCUT2D eigenvalue weighted by Crippen LogP contribution is -2.17. The number of anilines is 1. The molecule has 3 N–H and O–H groups in total. The number of rotatable bonds is 3. The zero-order chi connectivity index (χ0) is 12.4. The Morgan fingerprint density at radius 1 is 1.53 bits per heavy atom. The van der Waals surface area contributed by atoms with Crippen molar-refractivity contribution >= 4 is 11.7 Å². The maximum absolute atomic E-state index is 11.9.